The van der Waals surface area contributed by atoms with Gasteiger partial charge < -0.3 is 28.7 Å². The molecule has 0 bridgehead atoms. The molecule has 42 heavy (non-hydrogen) atoms. The van der Waals surface area contributed by atoms with E-state index in [1.807, 2.05) is 55.7 Å². The third-order valence-electron chi connectivity index (χ3n) is 8.03. The number of benzene rings is 2. The van der Waals surface area contributed by atoms with Crippen LogP contribution in [0.3, 0.4) is 0 Å². The minimum Gasteiger partial charge on any atom is -0.496 e. The lowest BCUT2D eigenvalue weighted by Crippen LogP contribution is -2.50. The highest BCUT2D eigenvalue weighted by Gasteiger charge is 2.36. The first-order valence-electron chi connectivity index (χ1n) is 15.2. The van der Waals surface area contributed by atoms with E-state index in [9.17, 15) is 9.59 Å². The molecule has 0 N–H and O–H groups in total. The van der Waals surface area contributed by atoms with Gasteiger partial charge in [-0.05, 0) is 83.1 Å². The van der Waals surface area contributed by atoms with Crippen LogP contribution < -0.4 is 4.74 Å². The topological polar surface area (TPSA) is 77.5 Å². The van der Waals surface area contributed by atoms with Crippen LogP contribution in [-0.2, 0) is 32.2 Å². The van der Waals surface area contributed by atoms with Crippen molar-refractivity contribution in [3.63, 3.8) is 0 Å². The van der Waals surface area contributed by atoms with E-state index >= 15 is 0 Å². The van der Waals surface area contributed by atoms with Gasteiger partial charge in [0, 0.05) is 31.6 Å². The third kappa shape index (κ3) is 8.95. The molecule has 8 heteroatoms. The second-order valence-corrected chi connectivity index (χ2v) is 12.7. The molecule has 2 aliphatic rings. The molecule has 2 fully saturated rings. The maximum absolute atomic E-state index is 13.5. The van der Waals surface area contributed by atoms with Gasteiger partial charge in [0.1, 0.15) is 11.4 Å². The molecule has 2 aromatic rings. The van der Waals surface area contributed by atoms with Gasteiger partial charge in [-0.1, -0.05) is 42.0 Å². The summed E-state index contributed by atoms with van der Waals surface area (Å²) in [6.07, 6.45) is 2.58. The summed E-state index contributed by atoms with van der Waals surface area (Å²) in [6, 6.07) is 14.3. The Morgan fingerprint density at radius 2 is 1.79 bits per heavy atom. The van der Waals surface area contributed by atoms with Crippen LogP contribution in [0, 0.1) is 19.8 Å². The zero-order chi connectivity index (χ0) is 30.3. The second kappa shape index (κ2) is 14.4. The molecule has 4 rings (SSSR count). The van der Waals surface area contributed by atoms with Gasteiger partial charge in [0.05, 0.1) is 33.0 Å². The number of ether oxygens (including phenoxy) is 4. The lowest BCUT2D eigenvalue weighted by Gasteiger charge is -2.40. The fraction of sp³-hybridized carbons (Fsp3) is 0.588. The van der Waals surface area contributed by atoms with Crippen molar-refractivity contribution in [3.8, 4) is 5.75 Å². The van der Waals surface area contributed by atoms with Crippen LogP contribution in [0.25, 0.3) is 0 Å². The lowest BCUT2D eigenvalue weighted by atomic mass is 9.84. The maximum Gasteiger partial charge on any atom is 0.410 e. The second-order valence-electron chi connectivity index (χ2n) is 12.7. The van der Waals surface area contributed by atoms with Crippen molar-refractivity contribution in [2.24, 2.45) is 5.92 Å². The van der Waals surface area contributed by atoms with Gasteiger partial charge in [0.25, 0.3) is 0 Å². The monoisotopic (exact) mass is 580 g/mol. The van der Waals surface area contributed by atoms with Crippen LogP contribution in [0.4, 0.5) is 4.79 Å². The highest BCUT2D eigenvalue weighted by molar-refractivity contribution is 5.79. The molecule has 0 aromatic heterocycles. The molecule has 1 saturated heterocycles. The molecule has 1 atom stereocenters. The molecule has 0 radical (unpaired) electrons. The SMILES string of the molecule is COc1ccc(CN(C(=O)OC(C)(C)C)C2CCC(C(=O)N3CCOC(COCc4cccc(C)c4)C3)CC2)cc1C. The zero-order valence-corrected chi connectivity index (χ0v) is 26.2. The predicted molar refractivity (Wildman–Crippen MR) is 162 cm³/mol. The van der Waals surface area contributed by atoms with Gasteiger partial charge >= 0.3 is 6.09 Å². The van der Waals surface area contributed by atoms with Crippen molar-refractivity contribution >= 4 is 12.0 Å². The number of methoxy groups -OCH3 is 1. The molecule has 1 saturated carbocycles. The predicted octanol–water partition coefficient (Wildman–Crippen LogP) is 6.05. The van der Waals surface area contributed by atoms with E-state index in [4.69, 9.17) is 18.9 Å². The van der Waals surface area contributed by atoms with Crippen LogP contribution in [0.15, 0.2) is 42.5 Å². The minimum atomic E-state index is -0.588. The highest BCUT2D eigenvalue weighted by atomic mass is 16.6. The number of nitrogens with zero attached hydrogens (tertiary/aromatic N) is 2. The van der Waals surface area contributed by atoms with Crippen molar-refractivity contribution in [3.05, 3.63) is 64.7 Å². The maximum atomic E-state index is 13.5. The van der Waals surface area contributed by atoms with Crippen molar-refractivity contribution < 1.29 is 28.5 Å². The summed E-state index contributed by atoms with van der Waals surface area (Å²) in [5.41, 5.74) is 3.81. The molecule has 1 aliphatic heterocycles. The first-order valence-corrected chi connectivity index (χ1v) is 15.2. The van der Waals surface area contributed by atoms with Gasteiger partial charge in [0.15, 0.2) is 0 Å². The summed E-state index contributed by atoms with van der Waals surface area (Å²) in [5, 5.41) is 0. The fourth-order valence-electron chi connectivity index (χ4n) is 5.92. The number of aryl methyl sites for hydroxylation is 2. The van der Waals surface area contributed by atoms with E-state index < -0.39 is 5.60 Å². The summed E-state index contributed by atoms with van der Waals surface area (Å²) in [5.74, 6) is 0.969. The van der Waals surface area contributed by atoms with Crippen molar-refractivity contribution in [2.75, 3.05) is 33.4 Å². The zero-order valence-electron chi connectivity index (χ0n) is 26.2. The summed E-state index contributed by atoms with van der Waals surface area (Å²) < 4.78 is 23.1. The molecule has 0 spiro atoms. The van der Waals surface area contributed by atoms with E-state index in [0.29, 0.717) is 39.5 Å². The van der Waals surface area contributed by atoms with Gasteiger partial charge in [-0.25, -0.2) is 4.79 Å². The third-order valence-corrected chi connectivity index (χ3v) is 8.03. The van der Waals surface area contributed by atoms with Crippen molar-refractivity contribution in [1.82, 2.24) is 9.80 Å². The molecular weight excluding hydrogens is 532 g/mol. The molecular formula is C34H48N2O6. The van der Waals surface area contributed by atoms with E-state index in [1.54, 1.807) is 7.11 Å². The normalized spacial score (nSPS) is 21.1. The number of hydrogen-bond acceptors (Lipinski definition) is 6. The Morgan fingerprint density at radius 1 is 1.02 bits per heavy atom. The van der Waals surface area contributed by atoms with Crippen LogP contribution >= 0.6 is 0 Å². The number of morpholine rings is 1. The fourth-order valence-corrected chi connectivity index (χ4v) is 5.92. The average Bonchev–Trinajstić information content (AvgIpc) is 2.95. The summed E-state index contributed by atoms with van der Waals surface area (Å²) in [4.78, 5) is 30.7. The Labute approximate surface area is 251 Å². The Balaban J connectivity index is 1.32. The number of carbonyl (C=O) groups excluding carboxylic acids is 2. The lowest BCUT2D eigenvalue weighted by molar-refractivity contribution is -0.147. The molecule has 230 valence electrons. The quantitative estimate of drug-likeness (QED) is 0.359. The highest BCUT2D eigenvalue weighted by Crippen LogP contribution is 2.32. The average molecular weight is 581 g/mol. The van der Waals surface area contributed by atoms with E-state index in [2.05, 4.69) is 31.2 Å². The first kappa shape index (κ1) is 31.8. The summed E-state index contributed by atoms with van der Waals surface area (Å²) in [7, 11) is 1.66. The number of hydrogen-bond donors (Lipinski definition) is 0. The van der Waals surface area contributed by atoms with E-state index in [-0.39, 0.29) is 30.1 Å². The van der Waals surface area contributed by atoms with E-state index in [0.717, 1.165) is 48.1 Å². The van der Waals surface area contributed by atoms with Gasteiger partial charge in [0.2, 0.25) is 5.91 Å². The summed E-state index contributed by atoms with van der Waals surface area (Å²) >= 11 is 0. The molecule has 1 heterocycles. The van der Waals surface area contributed by atoms with Crippen LogP contribution in [-0.4, -0.2) is 73.0 Å². The molecule has 2 amide bonds. The van der Waals surface area contributed by atoms with Gasteiger partial charge in [-0.2, -0.15) is 0 Å². The number of carbonyl (C=O) groups is 2. The smallest absolute Gasteiger partial charge is 0.410 e. The Kier molecular flexibility index (Phi) is 10.9. The van der Waals surface area contributed by atoms with Crippen molar-refractivity contribution in [1.29, 1.82) is 0 Å². The molecule has 1 unspecified atom stereocenters. The number of rotatable bonds is 9. The van der Waals surface area contributed by atoms with Gasteiger partial charge in [-0.15, -0.1) is 0 Å². The molecule has 1 aliphatic carbocycles. The Bertz CT molecular complexity index is 1200. The number of amides is 2. The minimum absolute atomic E-state index is 0.0127. The molecule has 2 aromatic carbocycles. The van der Waals surface area contributed by atoms with Crippen LogP contribution in [0.1, 0.15) is 68.7 Å². The standard InChI is InChI=1S/C34H48N2O6/c1-24-8-7-9-27(18-24)22-40-23-30-21-35(16-17-41-30)32(37)28-11-13-29(14-12-28)36(33(38)42-34(3,4)5)20-26-10-15-31(39-6)25(2)19-26/h7-10,15,18-19,28-30H,11-14,16-17,20-23H2,1-6H3. The van der Waals surface area contributed by atoms with E-state index in [1.165, 1.54) is 5.56 Å². The first-order chi connectivity index (χ1) is 20.0. The Morgan fingerprint density at radius 3 is 2.45 bits per heavy atom. The summed E-state index contributed by atoms with van der Waals surface area (Å²) in [6.45, 7) is 12.9. The van der Waals surface area contributed by atoms with Crippen LogP contribution in [0.2, 0.25) is 0 Å². The largest absolute Gasteiger partial charge is 0.496 e. The van der Waals surface area contributed by atoms with Gasteiger partial charge in [-0.3, -0.25) is 4.79 Å². The van der Waals surface area contributed by atoms with Crippen molar-refractivity contribution in [2.45, 2.75) is 91.2 Å². The Hall–Kier alpha value is -3.10. The molecule has 8 nitrogen and oxygen atoms in total. The van der Waals surface area contributed by atoms with Crippen LogP contribution in [0.5, 0.6) is 5.75 Å².